The molecule has 0 heterocycles. The molecule has 0 N–H and O–H groups in total. The Morgan fingerprint density at radius 1 is 0.312 bits per heavy atom. The Bertz CT molecular complexity index is 1180. The largest absolute Gasteiger partial charge is 0.105 e. The summed E-state index contributed by atoms with van der Waals surface area (Å²) in [4.78, 5) is 0. The molecule has 0 spiro atoms. The minimum Gasteiger partial charge on any atom is -0.105 e. The predicted molar refractivity (Wildman–Crippen MR) is 219 cm³/mol. The molecule has 0 aromatic heterocycles. The van der Waals surface area contributed by atoms with E-state index in [0.29, 0.717) is 47.3 Å². The fourth-order valence-electron chi connectivity index (χ4n) is 7.52. The molecule has 0 saturated carbocycles. The maximum atomic E-state index is 2.45. The summed E-state index contributed by atoms with van der Waals surface area (Å²) in [6.45, 7) is 19.6. The van der Waals surface area contributed by atoms with Crippen LogP contribution in [0.1, 0.15) is 101 Å². The molecule has 0 amide bonds. The van der Waals surface area contributed by atoms with Crippen LogP contribution in [0.4, 0.5) is 0 Å². The van der Waals surface area contributed by atoms with Gasteiger partial charge in [-0.3, -0.25) is 0 Å². The highest BCUT2D eigenvalue weighted by Gasteiger charge is 2.29. The third kappa shape index (κ3) is 11.7. The molecule has 4 aromatic carbocycles. The van der Waals surface area contributed by atoms with Crippen molar-refractivity contribution in [1.82, 2.24) is 0 Å². The molecule has 0 aliphatic rings. The second-order valence-corrected chi connectivity index (χ2v) is 20.6. The maximum absolute atomic E-state index is 2.45. The van der Waals surface area contributed by atoms with Gasteiger partial charge in [0, 0.05) is 0 Å². The molecule has 0 unspecified atom stereocenters. The summed E-state index contributed by atoms with van der Waals surface area (Å²) in [7, 11) is -0.314. The lowest BCUT2D eigenvalue weighted by Crippen LogP contribution is -2.20. The summed E-state index contributed by atoms with van der Waals surface area (Å²) in [5, 5.41) is 0. The summed E-state index contributed by atoms with van der Waals surface area (Å²) >= 11 is 0. The number of benzene rings is 4. The summed E-state index contributed by atoms with van der Waals surface area (Å²) in [6, 6.07) is 45.8. The highest BCUT2D eigenvalue weighted by molar-refractivity contribution is 7.61. The lowest BCUT2D eigenvalue weighted by atomic mass is 9.90. The Morgan fingerprint density at radius 3 is 0.667 bits per heavy atom. The smallest absolute Gasteiger partial charge is 0.00995 e. The Balaban J connectivity index is 1.67. The van der Waals surface area contributed by atoms with Crippen LogP contribution in [0.5, 0.6) is 0 Å². The molecule has 4 atom stereocenters. The van der Waals surface area contributed by atoms with Crippen molar-refractivity contribution in [3.05, 3.63) is 144 Å². The zero-order valence-electron chi connectivity index (χ0n) is 31.3. The maximum Gasteiger partial charge on any atom is -0.00995 e. The van der Waals surface area contributed by atoms with Gasteiger partial charge in [0.15, 0.2) is 0 Å². The molecular formula is C46H64P2. The standard InChI is InChI=1S/C46H64P2/c1-35(2)43(39-21-13-9-14-22-39)31-47(32-44(36(3)4)40-23-15-10-16-24-40)29-30-48(33-45(37(5)6)41-25-17-11-18-26-41)34-46(38(7)8)42-27-19-12-20-28-42/h9-28,35-38,43-46H,29-34H2,1-8H3/t43-,44-,45-,46-/m0/s1. The van der Waals surface area contributed by atoms with E-state index in [4.69, 9.17) is 0 Å². The van der Waals surface area contributed by atoms with E-state index < -0.39 is 0 Å². The molecule has 0 bridgehead atoms. The van der Waals surface area contributed by atoms with Crippen molar-refractivity contribution in [2.24, 2.45) is 23.7 Å². The molecule has 0 aliphatic carbocycles. The first-order valence-electron chi connectivity index (χ1n) is 18.8. The van der Waals surface area contributed by atoms with Crippen LogP contribution in [0.25, 0.3) is 0 Å². The summed E-state index contributed by atoms with van der Waals surface area (Å²) in [5.41, 5.74) is 6.15. The van der Waals surface area contributed by atoms with Crippen LogP contribution >= 0.6 is 15.8 Å². The monoisotopic (exact) mass is 678 g/mol. The molecule has 48 heavy (non-hydrogen) atoms. The second kappa shape index (κ2) is 19.8. The minimum atomic E-state index is -0.157. The van der Waals surface area contributed by atoms with Crippen LogP contribution in [0.3, 0.4) is 0 Å². The van der Waals surface area contributed by atoms with Gasteiger partial charge in [-0.2, -0.15) is 0 Å². The molecule has 2 heteroatoms. The zero-order chi connectivity index (χ0) is 34.5. The predicted octanol–water partition coefficient (Wildman–Crippen LogP) is 13.7. The first-order valence-corrected chi connectivity index (χ1v) is 22.6. The van der Waals surface area contributed by atoms with Gasteiger partial charge in [-0.1, -0.05) is 177 Å². The van der Waals surface area contributed by atoms with Gasteiger partial charge < -0.3 is 0 Å². The Labute approximate surface area is 298 Å². The highest BCUT2D eigenvalue weighted by Crippen LogP contribution is 2.53. The van der Waals surface area contributed by atoms with Crippen molar-refractivity contribution < 1.29 is 0 Å². The molecule has 4 aromatic rings. The molecule has 0 saturated heterocycles. The minimum absolute atomic E-state index is 0.157. The summed E-state index contributed by atoms with van der Waals surface area (Å²) in [6.07, 6.45) is 8.16. The number of hydrogen-bond acceptors (Lipinski definition) is 0. The van der Waals surface area contributed by atoms with E-state index in [9.17, 15) is 0 Å². The first-order chi connectivity index (χ1) is 23.1. The lowest BCUT2D eigenvalue weighted by molar-refractivity contribution is 0.526. The van der Waals surface area contributed by atoms with E-state index in [1.165, 1.54) is 59.2 Å². The van der Waals surface area contributed by atoms with Gasteiger partial charge in [-0.05, 0) is 107 Å². The van der Waals surface area contributed by atoms with Crippen LogP contribution < -0.4 is 0 Å². The van der Waals surface area contributed by atoms with Gasteiger partial charge in [0.05, 0.1) is 0 Å². The highest BCUT2D eigenvalue weighted by atomic mass is 31.1. The van der Waals surface area contributed by atoms with E-state index >= 15 is 0 Å². The van der Waals surface area contributed by atoms with Crippen molar-refractivity contribution in [2.45, 2.75) is 79.1 Å². The van der Waals surface area contributed by atoms with Gasteiger partial charge in [0.1, 0.15) is 0 Å². The van der Waals surface area contributed by atoms with E-state index in [0.717, 1.165) is 0 Å². The molecule has 4 rings (SSSR count). The van der Waals surface area contributed by atoms with Crippen LogP contribution in [-0.4, -0.2) is 37.0 Å². The van der Waals surface area contributed by atoms with Crippen molar-refractivity contribution in [3.8, 4) is 0 Å². The van der Waals surface area contributed by atoms with E-state index in [2.05, 4.69) is 177 Å². The Morgan fingerprint density at radius 2 is 0.500 bits per heavy atom. The van der Waals surface area contributed by atoms with Gasteiger partial charge >= 0.3 is 0 Å². The molecule has 0 aliphatic heterocycles. The fraction of sp³-hybridized carbons (Fsp3) is 0.478. The van der Waals surface area contributed by atoms with Crippen molar-refractivity contribution in [1.29, 1.82) is 0 Å². The van der Waals surface area contributed by atoms with Gasteiger partial charge in [0.25, 0.3) is 0 Å². The molecular weight excluding hydrogens is 614 g/mol. The SMILES string of the molecule is CC(C)[C@H](CP(CCP(C[C@H](c1ccccc1)C(C)C)C[C@H](c1ccccc1)C(C)C)C[C@H](c1ccccc1)C(C)C)c1ccccc1. The summed E-state index contributed by atoms with van der Waals surface area (Å²) < 4.78 is 0. The van der Waals surface area contributed by atoms with E-state index in [1.807, 2.05) is 0 Å². The molecule has 0 fully saturated rings. The Kier molecular flexibility index (Phi) is 15.9. The lowest BCUT2D eigenvalue weighted by Gasteiger charge is -2.35. The van der Waals surface area contributed by atoms with E-state index in [1.54, 1.807) is 0 Å². The van der Waals surface area contributed by atoms with E-state index in [-0.39, 0.29) is 15.8 Å². The third-order valence-corrected chi connectivity index (χ3v) is 16.4. The molecule has 0 nitrogen and oxygen atoms in total. The number of rotatable bonds is 19. The van der Waals surface area contributed by atoms with Gasteiger partial charge in [-0.25, -0.2) is 0 Å². The van der Waals surface area contributed by atoms with Gasteiger partial charge in [-0.15, -0.1) is 15.8 Å². The zero-order valence-corrected chi connectivity index (χ0v) is 33.1. The van der Waals surface area contributed by atoms with Crippen LogP contribution in [0.2, 0.25) is 0 Å². The quantitative estimate of drug-likeness (QED) is 0.0866. The Hall–Kier alpha value is -2.26. The first kappa shape index (κ1) is 38.5. The van der Waals surface area contributed by atoms with Crippen LogP contribution in [-0.2, 0) is 0 Å². The average molecular weight is 679 g/mol. The van der Waals surface area contributed by atoms with Crippen molar-refractivity contribution >= 4 is 15.8 Å². The third-order valence-electron chi connectivity index (χ3n) is 10.7. The fourth-order valence-corrected chi connectivity index (χ4v) is 15.6. The topological polar surface area (TPSA) is 0 Å². The van der Waals surface area contributed by atoms with Gasteiger partial charge in [0.2, 0.25) is 0 Å². The molecule has 258 valence electrons. The average Bonchev–Trinajstić information content (AvgIpc) is 3.09. The van der Waals surface area contributed by atoms with Crippen molar-refractivity contribution in [3.63, 3.8) is 0 Å². The molecule has 0 radical (unpaired) electrons. The second-order valence-electron chi connectivity index (χ2n) is 15.6. The normalized spacial score (nSPS) is 14.7. The number of hydrogen-bond donors (Lipinski definition) is 0. The van der Waals surface area contributed by atoms with Crippen LogP contribution in [0.15, 0.2) is 121 Å². The van der Waals surface area contributed by atoms with Crippen LogP contribution in [0, 0.1) is 23.7 Å². The van der Waals surface area contributed by atoms with Crippen molar-refractivity contribution in [2.75, 3.05) is 37.0 Å². The summed E-state index contributed by atoms with van der Waals surface area (Å²) in [5.74, 6) is 5.03.